The lowest BCUT2D eigenvalue weighted by atomic mass is 10.1. The maximum absolute atomic E-state index is 11.9. The maximum Gasteiger partial charge on any atom is 0.248 e. The molecule has 0 radical (unpaired) electrons. The van der Waals surface area contributed by atoms with Crippen LogP contribution in [-0.4, -0.2) is 25.0 Å². The standard InChI is InChI=1S/C14H16N4OS/c1-17(6-9-7-20-8-16-9)10-3-4-11-12(5-10)18(2)14(19)13(11)15/h3-5,7-8,13H,6,15H2,1-2H3. The summed E-state index contributed by atoms with van der Waals surface area (Å²) < 4.78 is 0. The van der Waals surface area contributed by atoms with Crippen molar-refractivity contribution >= 4 is 28.6 Å². The Balaban J connectivity index is 1.88. The Labute approximate surface area is 121 Å². The average molecular weight is 288 g/mol. The minimum absolute atomic E-state index is 0.0562. The van der Waals surface area contributed by atoms with Crippen LogP contribution in [0.2, 0.25) is 0 Å². The summed E-state index contributed by atoms with van der Waals surface area (Å²) in [4.78, 5) is 19.9. The third kappa shape index (κ3) is 2.07. The van der Waals surface area contributed by atoms with Crippen molar-refractivity contribution in [2.24, 2.45) is 5.73 Å². The van der Waals surface area contributed by atoms with E-state index in [1.165, 1.54) is 0 Å². The van der Waals surface area contributed by atoms with E-state index in [1.54, 1.807) is 23.3 Å². The Morgan fingerprint density at radius 2 is 2.30 bits per heavy atom. The van der Waals surface area contributed by atoms with Crippen molar-refractivity contribution in [2.75, 3.05) is 23.9 Å². The largest absolute Gasteiger partial charge is 0.369 e. The normalized spacial score (nSPS) is 17.4. The maximum atomic E-state index is 11.9. The smallest absolute Gasteiger partial charge is 0.248 e. The number of benzene rings is 1. The number of hydrogen-bond donors (Lipinski definition) is 1. The van der Waals surface area contributed by atoms with Crippen LogP contribution in [0.4, 0.5) is 11.4 Å². The molecule has 1 atom stereocenters. The van der Waals surface area contributed by atoms with Crippen molar-refractivity contribution < 1.29 is 4.79 Å². The highest BCUT2D eigenvalue weighted by Gasteiger charge is 2.32. The molecule has 0 spiro atoms. The SMILES string of the molecule is CN(Cc1cscn1)c1ccc2c(c1)N(C)C(=O)C2N. The third-order valence-electron chi connectivity index (χ3n) is 3.63. The second-order valence-corrected chi connectivity index (χ2v) is 5.67. The second kappa shape index (κ2) is 4.88. The summed E-state index contributed by atoms with van der Waals surface area (Å²) in [7, 11) is 3.77. The van der Waals surface area contributed by atoms with Gasteiger partial charge in [0.2, 0.25) is 5.91 Å². The van der Waals surface area contributed by atoms with Crippen molar-refractivity contribution in [2.45, 2.75) is 12.6 Å². The summed E-state index contributed by atoms with van der Waals surface area (Å²) in [6.45, 7) is 0.742. The number of fused-ring (bicyclic) bond motifs is 1. The van der Waals surface area contributed by atoms with Crippen molar-refractivity contribution in [1.82, 2.24) is 4.98 Å². The molecule has 5 nitrogen and oxygen atoms in total. The van der Waals surface area contributed by atoms with Crippen LogP contribution in [0.25, 0.3) is 0 Å². The zero-order valence-corrected chi connectivity index (χ0v) is 12.2. The fraction of sp³-hybridized carbons (Fsp3) is 0.286. The topological polar surface area (TPSA) is 62.5 Å². The van der Waals surface area contributed by atoms with Gasteiger partial charge in [-0.15, -0.1) is 11.3 Å². The lowest BCUT2D eigenvalue weighted by Crippen LogP contribution is -2.27. The van der Waals surface area contributed by atoms with Gasteiger partial charge in [0.05, 0.1) is 23.4 Å². The zero-order chi connectivity index (χ0) is 14.3. The number of nitrogens with two attached hydrogens (primary N) is 1. The van der Waals surface area contributed by atoms with Gasteiger partial charge in [0.15, 0.2) is 0 Å². The van der Waals surface area contributed by atoms with E-state index >= 15 is 0 Å². The number of carbonyl (C=O) groups excluding carboxylic acids is 1. The lowest BCUT2D eigenvalue weighted by molar-refractivity contribution is -0.118. The number of amides is 1. The Morgan fingerprint density at radius 3 is 3.00 bits per heavy atom. The number of aromatic nitrogens is 1. The van der Waals surface area contributed by atoms with E-state index in [4.69, 9.17) is 5.73 Å². The van der Waals surface area contributed by atoms with Crippen molar-refractivity contribution in [3.63, 3.8) is 0 Å². The summed E-state index contributed by atoms with van der Waals surface area (Å²) in [5, 5.41) is 2.04. The van der Waals surface area contributed by atoms with E-state index in [0.717, 1.165) is 29.2 Å². The van der Waals surface area contributed by atoms with Gasteiger partial charge in [-0.3, -0.25) is 4.79 Å². The highest BCUT2D eigenvalue weighted by Crippen LogP contribution is 2.36. The van der Waals surface area contributed by atoms with E-state index in [9.17, 15) is 4.79 Å². The van der Waals surface area contributed by atoms with E-state index in [-0.39, 0.29) is 5.91 Å². The van der Waals surface area contributed by atoms with Crippen LogP contribution < -0.4 is 15.5 Å². The van der Waals surface area contributed by atoms with Gasteiger partial charge < -0.3 is 15.5 Å². The van der Waals surface area contributed by atoms with Crippen LogP contribution in [-0.2, 0) is 11.3 Å². The first-order valence-corrected chi connectivity index (χ1v) is 7.27. The van der Waals surface area contributed by atoms with E-state index < -0.39 is 6.04 Å². The van der Waals surface area contributed by atoms with Gasteiger partial charge in [-0.05, 0) is 12.1 Å². The molecule has 2 N–H and O–H groups in total. The van der Waals surface area contributed by atoms with Crippen LogP contribution in [0.5, 0.6) is 0 Å². The van der Waals surface area contributed by atoms with Gasteiger partial charge in [0, 0.05) is 30.7 Å². The quantitative estimate of drug-likeness (QED) is 0.934. The lowest BCUT2D eigenvalue weighted by Gasteiger charge is -2.20. The van der Waals surface area contributed by atoms with Gasteiger partial charge in [0.1, 0.15) is 6.04 Å². The van der Waals surface area contributed by atoms with Crippen LogP contribution in [0.1, 0.15) is 17.3 Å². The molecule has 20 heavy (non-hydrogen) atoms. The highest BCUT2D eigenvalue weighted by atomic mass is 32.1. The minimum Gasteiger partial charge on any atom is -0.369 e. The number of rotatable bonds is 3. The van der Waals surface area contributed by atoms with E-state index in [2.05, 4.69) is 9.88 Å². The number of thiazole rings is 1. The minimum atomic E-state index is -0.534. The Kier molecular flexibility index (Phi) is 3.19. The predicted molar refractivity (Wildman–Crippen MR) is 81.0 cm³/mol. The van der Waals surface area contributed by atoms with Crippen molar-refractivity contribution in [3.8, 4) is 0 Å². The Morgan fingerprint density at radius 1 is 1.50 bits per heavy atom. The molecule has 1 aromatic heterocycles. The Bertz CT molecular complexity index is 641. The van der Waals surface area contributed by atoms with Gasteiger partial charge in [-0.1, -0.05) is 6.07 Å². The van der Waals surface area contributed by atoms with Crippen molar-refractivity contribution in [3.05, 3.63) is 40.3 Å². The second-order valence-electron chi connectivity index (χ2n) is 4.95. The molecule has 1 aliphatic heterocycles. The number of nitrogens with zero attached hydrogens (tertiary/aromatic N) is 3. The van der Waals surface area contributed by atoms with Gasteiger partial charge in [-0.25, -0.2) is 4.98 Å². The average Bonchev–Trinajstić information content (AvgIpc) is 3.03. The molecule has 3 rings (SSSR count). The molecular formula is C14H16N4OS. The summed E-state index contributed by atoms with van der Waals surface area (Å²) in [5.41, 5.74) is 11.6. The first-order valence-electron chi connectivity index (χ1n) is 6.33. The van der Waals surface area contributed by atoms with Gasteiger partial charge in [0.25, 0.3) is 0 Å². The molecule has 0 saturated carbocycles. The number of anilines is 2. The van der Waals surface area contributed by atoms with Crippen LogP contribution in [0, 0.1) is 0 Å². The molecule has 0 saturated heterocycles. The third-order valence-corrected chi connectivity index (χ3v) is 4.27. The zero-order valence-electron chi connectivity index (χ0n) is 11.4. The molecule has 1 unspecified atom stereocenters. The molecule has 6 heteroatoms. The Hall–Kier alpha value is -1.92. The summed E-state index contributed by atoms with van der Waals surface area (Å²) in [6.07, 6.45) is 0. The van der Waals surface area contributed by atoms with E-state index in [0.29, 0.717) is 0 Å². The summed E-state index contributed by atoms with van der Waals surface area (Å²) in [5.74, 6) is -0.0562. The number of hydrogen-bond acceptors (Lipinski definition) is 5. The molecule has 0 bridgehead atoms. The van der Waals surface area contributed by atoms with Gasteiger partial charge >= 0.3 is 0 Å². The molecule has 2 heterocycles. The molecule has 0 fully saturated rings. The number of likely N-dealkylation sites (N-methyl/N-ethyl adjacent to an activating group) is 1. The first kappa shape index (κ1) is 13.1. The first-order chi connectivity index (χ1) is 9.58. The molecule has 1 aromatic carbocycles. The van der Waals surface area contributed by atoms with Crippen LogP contribution >= 0.6 is 11.3 Å². The predicted octanol–water partition coefficient (Wildman–Crippen LogP) is 1.76. The monoisotopic (exact) mass is 288 g/mol. The molecule has 104 valence electrons. The van der Waals surface area contributed by atoms with Crippen LogP contribution in [0.15, 0.2) is 29.1 Å². The highest BCUT2D eigenvalue weighted by molar-refractivity contribution is 7.07. The molecule has 1 amide bonds. The molecule has 1 aliphatic rings. The van der Waals surface area contributed by atoms with E-state index in [1.807, 2.05) is 36.1 Å². The fourth-order valence-corrected chi connectivity index (χ4v) is 2.98. The summed E-state index contributed by atoms with van der Waals surface area (Å²) in [6, 6.07) is 5.41. The fourth-order valence-electron chi connectivity index (χ4n) is 2.43. The number of carbonyl (C=O) groups is 1. The molecule has 0 aliphatic carbocycles. The van der Waals surface area contributed by atoms with Crippen molar-refractivity contribution in [1.29, 1.82) is 0 Å². The molecular weight excluding hydrogens is 272 g/mol. The summed E-state index contributed by atoms with van der Waals surface area (Å²) >= 11 is 1.59. The molecule has 2 aromatic rings. The van der Waals surface area contributed by atoms with Crippen LogP contribution in [0.3, 0.4) is 0 Å². The van der Waals surface area contributed by atoms with Gasteiger partial charge in [-0.2, -0.15) is 0 Å².